The second-order valence-electron chi connectivity index (χ2n) is 2.75. The molecule has 0 aliphatic carbocycles. The summed E-state index contributed by atoms with van der Waals surface area (Å²) in [6.45, 7) is 0. The molecule has 0 fully saturated rings. The molecular formula is C6H8N6O2. The molecule has 74 valence electrons. The van der Waals surface area contributed by atoms with Crippen LogP contribution in [-0.4, -0.2) is 33.5 Å². The maximum absolute atomic E-state index is 11.4. The Morgan fingerprint density at radius 3 is 3.00 bits per heavy atom. The molecule has 0 saturated heterocycles. The fourth-order valence-corrected chi connectivity index (χ4v) is 1.14. The lowest BCUT2D eigenvalue weighted by Gasteiger charge is -2.25. The molecule has 0 unspecified atom stereocenters. The van der Waals surface area contributed by atoms with E-state index >= 15 is 0 Å². The Morgan fingerprint density at radius 1 is 1.64 bits per heavy atom. The lowest BCUT2D eigenvalue weighted by atomic mass is 10.4. The molecule has 0 bridgehead atoms. The van der Waals surface area contributed by atoms with Gasteiger partial charge in [-0.3, -0.25) is 10.2 Å². The van der Waals surface area contributed by atoms with Crippen LogP contribution in [0.4, 0.5) is 10.6 Å². The number of hydrazine groups is 2. The van der Waals surface area contributed by atoms with Crippen molar-refractivity contribution in [2.45, 2.75) is 0 Å². The standard InChI is InChI=1S/C6H8N6O2/c1-11-6(14)12-2-8-3(4(7)13)5(12)9-10-11/h2,9-10H,1H3,(H2,7,13). The molecule has 8 nitrogen and oxygen atoms in total. The SMILES string of the molecule is CN1NNc2c(C(N)=O)ncn2C1=O. The third-order valence-electron chi connectivity index (χ3n) is 1.84. The smallest absolute Gasteiger partial charge is 0.346 e. The van der Waals surface area contributed by atoms with E-state index in [9.17, 15) is 9.59 Å². The van der Waals surface area contributed by atoms with Gasteiger partial charge in [0.15, 0.2) is 11.5 Å². The minimum absolute atomic E-state index is 0.0268. The predicted octanol–water partition coefficient (Wildman–Crippen LogP) is -1.27. The number of fused-ring (bicyclic) bond motifs is 1. The number of hydrogen-bond donors (Lipinski definition) is 3. The summed E-state index contributed by atoms with van der Waals surface area (Å²) in [6.07, 6.45) is 1.24. The van der Waals surface area contributed by atoms with Crippen molar-refractivity contribution in [3.05, 3.63) is 12.0 Å². The van der Waals surface area contributed by atoms with E-state index in [1.165, 1.54) is 23.0 Å². The lowest BCUT2D eigenvalue weighted by molar-refractivity contribution is 0.0996. The zero-order valence-corrected chi connectivity index (χ0v) is 7.31. The summed E-state index contributed by atoms with van der Waals surface area (Å²) in [5.41, 5.74) is 10.2. The first-order valence-corrected chi connectivity index (χ1v) is 3.78. The van der Waals surface area contributed by atoms with E-state index in [1.807, 2.05) is 0 Å². The zero-order valence-electron chi connectivity index (χ0n) is 7.31. The van der Waals surface area contributed by atoms with Gasteiger partial charge in [-0.2, -0.15) is 0 Å². The van der Waals surface area contributed by atoms with Gasteiger partial charge in [-0.1, -0.05) is 0 Å². The largest absolute Gasteiger partial charge is 0.364 e. The maximum atomic E-state index is 11.4. The average Bonchev–Trinajstić information content (AvgIpc) is 2.55. The Balaban J connectivity index is 2.51. The first-order valence-electron chi connectivity index (χ1n) is 3.78. The van der Waals surface area contributed by atoms with Crippen LogP contribution in [0.3, 0.4) is 0 Å². The van der Waals surface area contributed by atoms with Crippen LogP contribution in [0.5, 0.6) is 0 Å². The molecule has 14 heavy (non-hydrogen) atoms. The molecule has 0 radical (unpaired) electrons. The van der Waals surface area contributed by atoms with E-state index in [-0.39, 0.29) is 17.5 Å². The van der Waals surface area contributed by atoms with Gasteiger partial charge in [-0.25, -0.2) is 19.4 Å². The van der Waals surface area contributed by atoms with E-state index in [1.54, 1.807) is 0 Å². The van der Waals surface area contributed by atoms with Crippen LogP contribution in [0, 0.1) is 0 Å². The second kappa shape index (κ2) is 2.70. The van der Waals surface area contributed by atoms with Crippen LogP contribution < -0.4 is 16.7 Å². The number of hydrogen-bond acceptors (Lipinski definition) is 5. The number of carbonyl (C=O) groups excluding carboxylic acids is 2. The number of amides is 2. The quantitative estimate of drug-likeness (QED) is 0.519. The number of imidazole rings is 1. The van der Waals surface area contributed by atoms with E-state index < -0.39 is 5.91 Å². The van der Waals surface area contributed by atoms with Crippen LogP contribution in [-0.2, 0) is 0 Å². The molecule has 2 rings (SSSR count). The fraction of sp³-hybridized carbons (Fsp3) is 0.167. The fourth-order valence-electron chi connectivity index (χ4n) is 1.14. The van der Waals surface area contributed by atoms with Gasteiger partial charge >= 0.3 is 6.03 Å². The number of nitrogens with two attached hydrogens (primary N) is 1. The van der Waals surface area contributed by atoms with Gasteiger partial charge in [0.2, 0.25) is 0 Å². The van der Waals surface area contributed by atoms with Crippen molar-refractivity contribution in [1.82, 2.24) is 20.1 Å². The van der Waals surface area contributed by atoms with Gasteiger partial charge in [0.05, 0.1) is 0 Å². The van der Waals surface area contributed by atoms with E-state index in [4.69, 9.17) is 5.73 Å². The Kier molecular flexibility index (Phi) is 1.64. The highest BCUT2D eigenvalue weighted by Gasteiger charge is 2.25. The second-order valence-corrected chi connectivity index (χ2v) is 2.75. The number of nitrogens with zero attached hydrogens (tertiary/aromatic N) is 3. The number of nitrogens with one attached hydrogen (secondary N) is 2. The Bertz CT molecular complexity index is 410. The van der Waals surface area contributed by atoms with Crippen LogP contribution in [0.2, 0.25) is 0 Å². The van der Waals surface area contributed by atoms with E-state index in [2.05, 4.69) is 15.9 Å². The molecule has 4 N–H and O–H groups in total. The van der Waals surface area contributed by atoms with Crippen molar-refractivity contribution in [3.8, 4) is 0 Å². The highest BCUT2D eigenvalue weighted by molar-refractivity contribution is 5.98. The summed E-state index contributed by atoms with van der Waals surface area (Å²) in [5.74, 6) is -0.439. The maximum Gasteiger partial charge on any atom is 0.346 e. The summed E-state index contributed by atoms with van der Waals surface area (Å²) in [7, 11) is 1.53. The number of anilines is 1. The van der Waals surface area contributed by atoms with Crippen LogP contribution in [0.25, 0.3) is 0 Å². The van der Waals surface area contributed by atoms with Gasteiger partial charge in [0.1, 0.15) is 6.33 Å². The average molecular weight is 196 g/mol. The van der Waals surface area contributed by atoms with Crippen LogP contribution in [0.15, 0.2) is 6.33 Å². The van der Waals surface area contributed by atoms with Crippen molar-refractivity contribution in [3.63, 3.8) is 0 Å². The molecule has 0 atom stereocenters. The molecule has 0 spiro atoms. The third-order valence-corrected chi connectivity index (χ3v) is 1.84. The topological polar surface area (TPSA) is 105 Å². The van der Waals surface area contributed by atoms with Crippen molar-refractivity contribution in [1.29, 1.82) is 0 Å². The number of aromatic nitrogens is 2. The highest BCUT2D eigenvalue weighted by Crippen LogP contribution is 2.16. The molecular weight excluding hydrogens is 188 g/mol. The lowest BCUT2D eigenvalue weighted by Crippen LogP contribution is -2.50. The zero-order chi connectivity index (χ0) is 10.3. The van der Waals surface area contributed by atoms with Crippen molar-refractivity contribution < 1.29 is 9.59 Å². The van der Waals surface area contributed by atoms with Crippen molar-refractivity contribution in [2.24, 2.45) is 5.73 Å². The Morgan fingerprint density at radius 2 is 2.36 bits per heavy atom. The first kappa shape index (κ1) is 8.51. The van der Waals surface area contributed by atoms with E-state index in [0.29, 0.717) is 0 Å². The van der Waals surface area contributed by atoms with Crippen LogP contribution in [0.1, 0.15) is 10.5 Å². The monoisotopic (exact) mass is 196 g/mol. The molecule has 1 aliphatic rings. The molecule has 0 aromatic carbocycles. The molecule has 1 aromatic heterocycles. The van der Waals surface area contributed by atoms with Crippen molar-refractivity contribution >= 4 is 17.8 Å². The summed E-state index contributed by atoms with van der Waals surface area (Å²) >= 11 is 0. The summed E-state index contributed by atoms with van der Waals surface area (Å²) < 4.78 is 1.19. The number of carbonyl (C=O) groups is 2. The van der Waals surface area contributed by atoms with Crippen LogP contribution >= 0.6 is 0 Å². The minimum atomic E-state index is -0.689. The van der Waals surface area contributed by atoms with Gasteiger partial charge < -0.3 is 5.73 Å². The van der Waals surface area contributed by atoms with Gasteiger partial charge in [0, 0.05) is 7.05 Å². The Labute approximate surface area is 78.6 Å². The highest BCUT2D eigenvalue weighted by atomic mass is 16.2. The molecule has 2 amide bonds. The summed E-state index contributed by atoms with van der Waals surface area (Å²) in [4.78, 5) is 26.0. The third kappa shape index (κ3) is 1.01. The molecule has 1 aromatic rings. The van der Waals surface area contributed by atoms with Gasteiger partial charge in [-0.05, 0) is 0 Å². The van der Waals surface area contributed by atoms with Crippen molar-refractivity contribution in [2.75, 3.05) is 12.5 Å². The first-order chi connectivity index (χ1) is 6.61. The summed E-state index contributed by atoms with van der Waals surface area (Å²) in [5, 5.41) is 1.21. The number of rotatable bonds is 1. The predicted molar refractivity (Wildman–Crippen MR) is 46.1 cm³/mol. The minimum Gasteiger partial charge on any atom is -0.364 e. The molecule has 0 saturated carbocycles. The molecule has 2 heterocycles. The van der Waals surface area contributed by atoms with E-state index in [0.717, 1.165) is 0 Å². The van der Waals surface area contributed by atoms with Gasteiger partial charge in [0.25, 0.3) is 5.91 Å². The Hall–Kier alpha value is -2.09. The molecule has 1 aliphatic heterocycles. The van der Waals surface area contributed by atoms with Gasteiger partial charge in [-0.15, -0.1) is 5.53 Å². The number of primary amides is 1. The molecule has 8 heteroatoms. The normalized spacial score (nSPS) is 14.9. The summed E-state index contributed by atoms with van der Waals surface area (Å²) in [6, 6.07) is -0.348.